The fraction of sp³-hybridized carbons (Fsp3) is 0.188. The van der Waals surface area contributed by atoms with E-state index < -0.39 is 28.4 Å². The molecule has 0 aliphatic heterocycles. The largest absolute Gasteiger partial charge is 0.506 e. The predicted octanol–water partition coefficient (Wildman–Crippen LogP) is 1.15. The number of fused-ring (bicyclic) bond motifs is 1. The maximum Gasteiger partial charge on any atom is 0.337 e. The Morgan fingerprint density at radius 1 is 1.08 bits per heavy atom. The van der Waals surface area contributed by atoms with E-state index in [9.17, 15) is 23.9 Å². The van der Waals surface area contributed by atoms with Gasteiger partial charge in [-0.25, -0.2) is 13.8 Å². The summed E-state index contributed by atoms with van der Waals surface area (Å²) in [6, 6.07) is 4.07. The lowest BCUT2D eigenvalue weighted by Gasteiger charge is -2.15. The average molecular weight is 457 g/mol. The van der Waals surface area contributed by atoms with Crippen molar-refractivity contribution in [2.75, 3.05) is 0 Å². The Morgan fingerprint density at radius 3 is 2.32 bits per heavy atom. The standard InChI is InChI=1S/C16H13FIN3O4/c1-7-12(22)11-13(19(2)14(7)23)20(3)16(25)21(15(11)24)10-5-4-8(18)6-9(10)17/h4-6,22H,1-3H3. The van der Waals surface area contributed by atoms with E-state index in [1.165, 1.54) is 33.2 Å². The molecule has 0 radical (unpaired) electrons. The highest BCUT2D eigenvalue weighted by Crippen LogP contribution is 2.22. The first-order valence-corrected chi connectivity index (χ1v) is 8.24. The summed E-state index contributed by atoms with van der Waals surface area (Å²) >= 11 is 1.91. The van der Waals surface area contributed by atoms with Gasteiger partial charge in [-0.05, 0) is 47.7 Å². The molecule has 2 heterocycles. The molecule has 0 spiro atoms. The second kappa shape index (κ2) is 5.83. The Kier molecular flexibility index (Phi) is 4.06. The van der Waals surface area contributed by atoms with Gasteiger partial charge in [-0.3, -0.25) is 18.7 Å². The second-order valence-corrected chi connectivity index (χ2v) is 6.86. The van der Waals surface area contributed by atoms with Crippen molar-refractivity contribution >= 4 is 33.6 Å². The van der Waals surface area contributed by atoms with Crippen molar-refractivity contribution in [1.82, 2.24) is 13.7 Å². The maximum atomic E-state index is 14.3. The van der Waals surface area contributed by atoms with Gasteiger partial charge in [-0.1, -0.05) is 0 Å². The van der Waals surface area contributed by atoms with E-state index in [1.54, 1.807) is 6.07 Å². The van der Waals surface area contributed by atoms with Crippen molar-refractivity contribution in [1.29, 1.82) is 0 Å². The molecule has 0 atom stereocenters. The van der Waals surface area contributed by atoms with E-state index in [1.807, 2.05) is 22.6 Å². The molecule has 3 rings (SSSR count). The van der Waals surface area contributed by atoms with E-state index in [4.69, 9.17) is 0 Å². The number of nitrogens with zero attached hydrogens (tertiary/aromatic N) is 3. The normalized spacial score (nSPS) is 11.2. The van der Waals surface area contributed by atoms with Crippen LogP contribution in [0.15, 0.2) is 32.6 Å². The molecule has 0 bridgehead atoms. The van der Waals surface area contributed by atoms with Crippen LogP contribution < -0.4 is 16.8 Å². The Labute approximate surface area is 153 Å². The Morgan fingerprint density at radius 2 is 1.72 bits per heavy atom. The molecule has 0 unspecified atom stereocenters. The SMILES string of the molecule is Cc1c(O)c2c(=O)n(-c3ccc(I)cc3F)c(=O)n(C)c2n(C)c1=O. The number of aromatic hydroxyl groups is 1. The van der Waals surface area contributed by atoms with Gasteiger partial charge < -0.3 is 5.11 Å². The topological polar surface area (TPSA) is 86.2 Å². The van der Waals surface area contributed by atoms with Gasteiger partial charge >= 0.3 is 5.69 Å². The minimum atomic E-state index is -0.894. The number of aromatic nitrogens is 3. The molecule has 7 nitrogen and oxygen atoms in total. The molecule has 0 aliphatic carbocycles. The summed E-state index contributed by atoms with van der Waals surface area (Å²) in [6.45, 7) is 1.37. The number of halogens is 2. The van der Waals surface area contributed by atoms with E-state index in [2.05, 4.69) is 0 Å². The number of hydrogen-bond donors (Lipinski definition) is 1. The molecule has 1 aromatic carbocycles. The third-order valence-electron chi connectivity index (χ3n) is 4.12. The third kappa shape index (κ3) is 2.41. The van der Waals surface area contributed by atoms with Crippen molar-refractivity contribution in [2.24, 2.45) is 14.1 Å². The molecule has 2 aromatic heterocycles. The van der Waals surface area contributed by atoms with E-state index in [0.717, 1.165) is 9.13 Å². The number of pyridine rings is 1. The Hall–Kier alpha value is -2.43. The first kappa shape index (κ1) is 17.4. The summed E-state index contributed by atoms with van der Waals surface area (Å²) < 4.78 is 17.7. The van der Waals surface area contributed by atoms with E-state index >= 15 is 0 Å². The van der Waals surface area contributed by atoms with Crippen LogP contribution in [0.4, 0.5) is 4.39 Å². The van der Waals surface area contributed by atoms with Gasteiger partial charge in [0.15, 0.2) is 0 Å². The lowest BCUT2D eigenvalue weighted by molar-refractivity contribution is 0.472. The molecule has 1 N–H and O–H groups in total. The van der Waals surface area contributed by atoms with Crippen LogP contribution in [0.2, 0.25) is 0 Å². The Bertz CT molecular complexity index is 1220. The summed E-state index contributed by atoms with van der Waals surface area (Å²) in [4.78, 5) is 37.7. The summed E-state index contributed by atoms with van der Waals surface area (Å²) in [5.41, 5.74) is -2.53. The van der Waals surface area contributed by atoms with E-state index in [0.29, 0.717) is 8.14 Å². The van der Waals surface area contributed by atoms with Crippen molar-refractivity contribution in [3.63, 3.8) is 0 Å². The van der Waals surface area contributed by atoms with Crippen LogP contribution in [-0.4, -0.2) is 18.8 Å². The van der Waals surface area contributed by atoms with Gasteiger partial charge in [0.1, 0.15) is 22.6 Å². The van der Waals surface area contributed by atoms with Crippen molar-refractivity contribution in [3.05, 3.63) is 64.3 Å². The number of aryl methyl sites for hydroxylation is 2. The summed E-state index contributed by atoms with van der Waals surface area (Å²) in [7, 11) is 2.74. The lowest BCUT2D eigenvalue weighted by atomic mass is 10.2. The van der Waals surface area contributed by atoms with Crippen LogP contribution in [0.25, 0.3) is 16.7 Å². The van der Waals surface area contributed by atoms with Crippen LogP contribution in [-0.2, 0) is 14.1 Å². The molecule has 3 aromatic rings. The second-order valence-electron chi connectivity index (χ2n) is 5.61. The fourth-order valence-electron chi connectivity index (χ4n) is 2.81. The van der Waals surface area contributed by atoms with Gasteiger partial charge in [-0.2, -0.15) is 0 Å². The van der Waals surface area contributed by atoms with E-state index in [-0.39, 0.29) is 22.3 Å². The first-order valence-electron chi connectivity index (χ1n) is 7.16. The van der Waals surface area contributed by atoms with Crippen LogP contribution in [0.5, 0.6) is 5.75 Å². The van der Waals surface area contributed by atoms with Gasteiger partial charge in [0.2, 0.25) is 0 Å². The molecule has 25 heavy (non-hydrogen) atoms. The monoisotopic (exact) mass is 457 g/mol. The highest BCUT2D eigenvalue weighted by molar-refractivity contribution is 14.1. The van der Waals surface area contributed by atoms with Crippen molar-refractivity contribution < 1.29 is 9.50 Å². The first-order chi connectivity index (χ1) is 11.7. The number of rotatable bonds is 1. The molecular formula is C16H13FIN3O4. The molecule has 0 amide bonds. The quantitative estimate of drug-likeness (QED) is 0.556. The lowest BCUT2D eigenvalue weighted by Crippen LogP contribution is -2.40. The highest BCUT2D eigenvalue weighted by Gasteiger charge is 2.22. The fourth-order valence-corrected chi connectivity index (χ4v) is 3.27. The minimum absolute atomic E-state index is 0.0274. The van der Waals surface area contributed by atoms with Gasteiger partial charge in [0, 0.05) is 17.7 Å². The van der Waals surface area contributed by atoms with Crippen molar-refractivity contribution in [2.45, 2.75) is 6.92 Å². The van der Waals surface area contributed by atoms with Gasteiger partial charge in [-0.15, -0.1) is 0 Å². The zero-order valence-corrected chi connectivity index (χ0v) is 15.7. The molecule has 0 fully saturated rings. The highest BCUT2D eigenvalue weighted by atomic mass is 127. The molecular weight excluding hydrogens is 444 g/mol. The zero-order valence-electron chi connectivity index (χ0n) is 13.5. The van der Waals surface area contributed by atoms with Crippen LogP contribution in [0, 0.1) is 16.3 Å². The molecule has 0 aliphatic rings. The average Bonchev–Trinajstić information content (AvgIpc) is 2.56. The Balaban J connectivity index is 2.64. The maximum absolute atomic E-state index is 14.3. The summed E-state index contributed by atoms with van der Waals surface area (Å²) in [5.74, 6) is -1.26. The van der Waals surface area contributed by atoms with Crippen LogP contribution in [0.3, 0.4) is 0 Å². The summed E-state index contributed by atoms with van der Waals surface area (Å²) in [5, 5.41) is 10.1. The predicted molar refractivity (Wildman–Crippen MR) is 99.1 cm³/mol. The van der Waals surface area contributed by atoms with Crippen LogP contribution in [0.1, 0.15) is 5.56 Å². The number of hydrogen-bond acceptors (Lipinski definition) is 4. The number of benzene rings is 1. The molecule has 130 valence electrons. The van der Waals surface area contributed by atoms with Gasteiger partial charge in [0.05, 0.1) is 11.3 Å². The molecule has 0 saturated heterocycles. The van der Waals surface area contributed by atoms with Crippen LogP contribution >= 0.6 is 22.6 Å². The third-order valence-corrected chi connectivity index (χ3v) is 4.79. The van der Waals surface area contributed by atoms with Gasteiger partial charge in [0.25, 0.3) is 11.1 Å². The molecule has 9 heteroatoms. The minimum Gasteiger partial charge on any atom is -0.506 e. The molecule has 0 saturated carbocycles. The van der Waals surface area contributed by atoms with Crippen molar-refractivity contribution in [3.8, 4) is 11.4 Å². The smallest absolute Gasteiger partial charge is 0.337 e. The summed E-state index contributed by atoms with van der Waals surface area (Å²) in [6.07, 6.45) is 0. The zero-order chi connectivity index (χ0) is 18.6.